The molecule has 1 amide bonds. The molecule has 2 rings (SSSR count). The summed E-state index contributed by atoms with van der Waals surface area (Å²) in [5.41, 5.74) is 0. The average molecular weight is 358 g/mol. The molecule has 1 fully saturated rings. The molecule has 1 aromatic heterocycles. The number of aliphatic hydroxyl groups is 1. The van der Waals surface area contributed by atoms with Crippen LogP contribution in [0, 0.1) is 0 Å². The molecule has 1 saturated heterocycles. The number of anilines is 1. The van der Waals surface area contributed by atoms with E-state index in [9.17, 15) is 14.7 Å². The van der Waals surface area contributed by atoms with Gasteiger partial charge in [-0.25, -0.2) is 4.98 Å². The molecule has 1 aromatic rings. The summed E-state index contributed by atoms with van der Waals surface area (Å²) >= 11 is 3.26. The number of amides is 1. The van der Waals surface area contributed by atoms with Gasteiger partial charge in [0.25, 0.3) is 0 Å². The molecule has 21 heavy (non-hydrogen) atoms. The van der Waals surface area contributed by atoms with Crippen molar-refractivity contribution in [2.24, 2.45) is 0 Å². The van der Waals surface area contributed by atoms with Crippen molar-refractivity contribution in [1.29, 1.82) is 0 Å². The van der Waals surface area contributed by atoms with Crippen LogP contribution in [0.3, 0.4) is 0 Å². The van der Waals surface area contributed by atoms with Crippen molar-refractivity contribution in [3.05, 3.63) is 22.8 Å². The maximum atomic E-state index is 12.0. The summed E-state index contributed by atoms with van der Waals surface area (Å²) in [6.07, 6.45) is 1.22. The topological polar surface area (TPSA) is 91.8 Å². The first-order valence-corrected chi connectivity index (χ1v) is 7.20. The van der Waals surface area contributed by atoms with Crippen LogP contribution in [-0.4, -0.2) is 59.2 Å². The fourth-order valence-electron chi connectivity index (χ4n) is 2.25. The number of carbonyl (C=O) groups excluding carboxylic acids is 2. The molecule has 2 heterocycles. The van der Waals surface area contributed by atoms with Gasteiger partial charge in [-0.15, -0.1) is 0 Å². The number of pyridine rings is 1. The molecule has 8 heteroatoms. The van der Waals surface area contributed by atoms with Crippen molar-refractivity contribution >= 4 is 33.6 Å². The minimum Gasteiger partial charge on any atom is -0.468 e. The Hall–Kier alpha value is -1.51. The van der Waals surface area contributed by atoms with Crippen LogP contribution in [-0.2, 0) is 14.3 Å². The molecule has 0 radical (unpaired) electrons. The molecule has 2 N–H and O–H groups in total. The largest absolute Gasteiger partial charge is 0.468 e. The summed E-state index contributed by atoms with van der Waals surface area (Å²) in [7, 11) is 1.29. The van der Waals surface area contributed by atoms with E-state index in [1.165, 1.54) is 7.11 Å². The molecule has 1 aliphatic rings. The Morgan fingerprint density at radius 1 is 1.57 bits per heavy atom. The number of likely N-dealkylation sites (tertiary alicyclic amines) is 1. The highest BCUT2D eigenvalue weighted by atomic mass is 79.9. The van der Waals surface area contributed by atoms with E-state index in [0.717, 1.165) is 4.47 Å². The number of halogens is 1. The number of β-amino-alcohol motifs (C(OH)–C–C–N with tert-alkyl or cyclic N) is 1. The first-order valence-electron chi connectivity index (χ1n) is 6.41. The third-order valence-corrected chi connectivity index (χ3v) is 3.67. The van der Waals surface area contributed by atoms with Gasteiger partial charge in [0.15, 0.2) is 0 Å². The summed E-state index contributed by atoms with van der Waals surface area (Å²) in [6.45, 7) is 0.259. The molecule has 2 atom stereocenters. The van der Waals surface area contributed by atoms with Crippen molar-refractivity contribution in [3.8, 4) is 0 Å². The average Bonchev–Trinajstić information content (AvgIpc) is 2.81. The Morgan fingerprint density at radius 3 is 2.95 bits per heavy atom. The van der Waals surface area contributed by atoms with Gasteiger partial charge >= 0.3 is 5.97 Å². The van der Waals surface area contributed by atoms with E-state index in [1.54, 1.807) is 23.2 Å². The van der Waals surface area contributed by atoms with Crippen LogP contribution in [0.15, 0.2) is 22.8 Å². The zero-order valence-electron chi connectivity index (χ0n) is 11.5. The normalized spacial score (nSPS) is 22.0. The molecular weight excluding hydrogens is 342 g/mol. The molecule has 0 bridgehead atoms. The summed E-state index contributed by atoms with van der Waals surface area (Å²) in [4.78, 5) is 29.2. The number of nitrogens with one attached hydrogen (secondary N) is 1. The summed E-state index contributed by atoms with van der Waals surface area (Å²) in [5.74, 6) is -0.313. The zero-order chi connectivity index (χ0) is 15.4. The highest BCUT2D eigenvalue weighted by Gasteiger charge is 2.37. The van der Waals surface area contributed by atoms with Crippen LogP contribution in [0.2, 0.25) is 0 Å². The van der Waals surface area contributed by atoms with Crippen molar-refractivity contribution in [1.82, 2.24) is 9.88 Å². The first kappa shape index (κ1) is 15.9. The van der Waals surface area contributed by atoms with Gasteiger partial charge in [-0.05, 0) is 28.1 Å². The van der Waals surface area contributed by atoms with Gasteiger partial charge in [0.1, 0.15) is 11.9 Å². The van der Waals surface area contributed by atoms with Crippen LogP contribution in [0.1, 0.15) is 6.42 Å². The highest BCUT2D eigenvalue weighted by Crippen LogP contribution is 2.19. The Balaban J connectivity index is 1.94. The molecule has 0 aliphatic carbocycles. The number of ether oxygens (including phenoxy) is 1. The number of carbonyl (C=O) groups is 2. The Labute approximate surface area is 130 Å². The molecule has 1 aliphatic heterocycles. The first-order chi connectivity index (χ1) is 9.99. The van der Waals surface area contributed by atoms with Gasteiger partial charge in [0.05, 0.1) is 19.8 Å². The second-order valence-electron chi connectivity index (χ2n) is 4.77. The van der Waals surface area contributed by atoms with Crippen LogP contribution in [0.25, 0.3) is 0 Å². The van der Waals surface area contributed by atoms with Gasteiger partial charge < -0.3 is 15.2 Å². The molecule has 2 unspecified atom stereocenters. The lowest BCUT2D eigenvalue weighted by atomic mass is 10.2. The monoisotopic (exact) mass is 357 g/mol. The molecular formula is C13H16BrN3O4. The third-order valence-electron chi connectivity index (χ3n) is 3.20. The van der Waals surface area contributed by atoms with Crippen LogP contribution in [0.5, 0.6) is 0 Å². The molecule has 0 saturated carbocycles. The number of nitrogens with zero attached hydrogens (tertiary/aromatic N) is 2. The number of aromatic nitrogens is 1. The number of methoxy groups -OCH3 is 1. The van der Waals surface area contributed by atoms with E-state index < -0.39 is 18.1 Å². The fourth-order valence-corrected chi connectivity index (χ4v) is 2.49. The van der Waals surface area contributed by atoms with E-state index in [4.69, 9.17) is 0 Å². The fraction of sp³-hybridized carbons (Fsp3) is 0.462. The SMILES string of the molecule is COC(=O)C1CC(O)CN1CC(=O)Nc1ccc(Br)cn1. The van der Waals surface area contributed by atoms with Crippen LogP contribution >= 0.6 is 15.9 Å². The highest BCUT2D eigenvalue weighted by molar-refractivity contribution is 9.10. The summed E-state index contributed by atoms with van der Waals surface area (Å²) < 4.78 is 5.50. The van der Waals surface area contributed by atoms with Crippen molar-refractivity contribution in [2.75, 3.05) is 25.5 Å². The van der Waals surface area contributed by atoms with E-state index >= 15 is 0 Å². The number of hydrogen-bond acceptors (Lipinski definition) is 6. The quantitative estimate of drug-likeness (QED) is 0.757. The number of aliphatic hydroxyl groups excluding tert-OH is 1. The van der Waals surface area contributed by atoms with Gasteiger partial charge in [-0.3, -0.25) is 14.5 Å². The zero-order valence-corrected chi connectivity index (χ0v) is 13.0. The number of hydrogen-bond donors (Lipinski definition) is 2. The van der Waals surface area contributed by atoms with E-state index in [0.29, 0.717) is 5.82 Å². The van der Waals surface area contributed by atoms with E-state index in [1.807, 2.05) is 0 Å². The second-order valence-corrected chi connectivity index (χ2v) is 5.68. The molecule has 7 nitrogen and oxygen atoms in total. The van der Waals surface area contributed by atoms with Crippen LogP contribution in [0.4, 0.5) is 5.82 Å². The van der Waals surface area contributed by atoms with Gasteiger partial charge in [-0.1, -0.05) is 0 Å². The third kappa shape index (κ3) is 4.23. The minimum atomic E-state index is -0.632. The maximum absolute atomic E-state index is 12.0. The van der Waals surface area contributed by atoms with Crippen molar-refractivity contribution in [3.63, 3.8) is 0 Å². The Bertz CT molecular complexity index is 523. The maximum Gasteiger partial charge on any atom is 0.323 e. The van der Waals surface area contributed by atoms with E-state index in [2.05, 4.69) is 31.0 Å². The number of esters is 1. The Kier molecular flexibility index (Phi) is 5.27. The molecule has 0 spiro atoms. The van der Waals surface area contributed by atoms with Gasteiger partial charge in [0, 0.05) is 23.6 Å². The predicted molar refractivity (Wildman–Crippen MR) is 78.6 cm³/mol. The minimum absolute atomic E-state index is 0.00539. The van der Waals surface area contributed by atoms with Crippen LogP contribution < -0.4 is 5.32 Å². The lowest BCUT2D eigenvalue weighted by Gasteiger charge is -2.21. The molecule has 114 valence electrons. The second kappa shape index (κ2) is 6.97. The number of rotatable bonds is 4. The smallest absolute Gasteiger partial charge is 0.323 e. The lowest BCUT2D eigenvalue weighted by molar-refractivity contribution is -0.146. The van der Waals surface area contributed by atoms with E-state index in [-0.39, 0.29) is 25.4 Å². The summed E-state index contributed by atoms with van der Waals surface area (Å²) in [5, 5.41) is 12.3. The Morgan fingerprint density at radius 2 is 2.33 bits per heavy atom. The van der Waals surface area contributed by atoms with Gasteiger partial charge in [-0.2, -0.15) is 0 Å². The van der Waals surface area contributed by atoms with Crippen molar-refractivity contribution < 1.29 is 19.4 Å². The molecule has 0 aromatic carbocycles. The lowest BCUT2D eigenvalue weighted by Crippen LogP contribution is -2.41. The van der Waals surface area contributed by atoms with Crippen molar-refractivity contribution in [2.45, 2.75) is 18.6 Å². The summed E-state index contributed by atoms with van der Waals surface area (Å²) in [6, 6.07) is 2.84. The predicted octanol–water partition coefficient (Wildman–Crippen LogP) is 0.391. The standard InChI is InChI=1S/C13H16BrN3O4/c1-21-13(20)10-4-9(18)6-17(10)7-12(19)16-11-3-2-8(14)5-15-11/h2-3,5,9-10,18H,4,6-7H2,1H3,(H,15,16,19). The van der Waals surface area contributed by atoms with Gasteiger partial charge in [0.2, 0.25) is 5.91 Å².